The van der Waals surface area contributed by atoms with Crippen molar-refractivity contribution < 1.29 is 18.0 Å². The number of hydrogen-bond donors (Lipinski definition) is 0. The molecule has 0 saturated carbocycles. The van der Waals surface area contributed by atoms with Crippen molar-refractivity contribution in [1.29, 1.82) is 0 Å². The lowest BCUT2D eigenvalue weighted by molar-refractivity contribution is -0.137. The number of benzene rings is 1. The molecular formula is C11H6F3IN2O. The zero-order chi connectivity index (χ0) is 13.3. The summed E-state index contributed by atoms with van der Waals surface area (Å²) in [7, 11) is 0. The summed E-state index contributed by atoms with van der Waals surface area (Å²) >= 11 is 1.95. The van der Waals surface area contributed by atoms with Gasteiger partial charge in [0.15, 0.2) is 0 Å². The van der Waals surface area contributed by atoms with Gasteiger partial charge in [-0.15, -0.1) is 0 Å². The summed E-state index contributed by atoms with van der Waals surface area (Å²) in [5.41, 5.74) is -1.00. The van der Waals surface area contributed by atoms with Gasteiger partial charge in [0.2, 0.25) is 0 Å². The van der Waals surface area contributed by atoms with E-state index in [9.17, 15) is 18.0 Å². The minimum absolute atomic E-state index is 0.0204. The monoisotopic (exact) mass is 366 g/mol. The molecule has 0 fully saturated rings. The molecule has 3 nitrogen and oxygen atoms in total. The molecular weight excluding hydrogens is 360 g/mol. The largest absolute Gasteiger partial charge is 0.418 e. The van der Waals surface area contributed by atoms with Gasteiger partial charge >= 0.3 is 6.18 Å². The summed E-state index contributed by atoms with van der Waals surface area (Å²) in [6.45, 7) is 0. The van der Waals surface area contributed by atoms with Crippen LogP contribution in [0.2, 0.25) is 0 Å². The molecule has 0 radical (unpaired) electrons. The van der Waals surface area contributed by atoms with Crippen molar-refractivity contribution in [1.82, 2.24) is 9.78 Å². The van der Waals surface area contributed by atoms with E-state index in [-0.39, 0.29) is 11.3 Å². The molecule has 0 aliphatic carbocycles. The smallest absolute Gasteiger partial charge is 0.298 e. The third kappa shape index (κ3) is 2.55. The van der Waals surface area contributed by atoms with Crippen molar-refractivity contribution in [2.24, 2.45) is 0 Å². The molecule has 0 aliphatic rings. The van der Waals surface area contributed by atoms with Crippen LogP contribution in [-0.4, -0.2) is 16.1 Å². The van der Waals surface area contributed by atoms with Crippen LogP contribution in [-0.2, 0) is 6.18 Å². The number of carbonyl (C=O) groups excluding carboxylic acids is 1. The van der Waals surface area contributed by atoms with Crippen molar-refractivity contribution >= 4 is 28.9 Å². The van der Waals surface area contributed by atoms with Gasteiger partial charge in [-0.25, -0.2) is 4.68 Å². The van der Waals surface area contributed by atoms with Crippen LogP contribution in [0.4, 0.5) is 13.2 Å². The van der Waals surface area contributed by atoms with E-state index >= 15 is 0 Å². The molecule has 0 atom stereocenters. The van der Waals surface area contributed by atoms with Crippen LogP contribution in [0.15, 0.2) is 30.6 Å². The molecule has 18 heavy (non-hydrogen) atoms. The van der Waals surface area contributed by atoms with Crippen LogP contribution < -0.4 is 0 Å². The van der Waals surface area contributed by atoms with Crippen LogP contribution in [0.5, 0.6) is 0 Å². The van der Waals surface area contributed by atoms with Crippen molar-refractivity contribution in [3.63, 3.8) is 0 Å². The first-order valence-electron chi connectivity index (χ1n) is 4.79. The van der Waals surface area contributed by atoms with Crippen molar-refractivity contribution in [3.8, 4) is 5.69 Å². The van der Waals surface area contributed by atoms with E-state index in [0.29, 0.717) is 6.29 Å². The molecule has 1 aromatic carbocycles. The Kier molecular flexibility index (Phi) is 3.42. The lowest BCUT2D eigenvalue weighted by atomic mass is 10.1. The normalized spacial score (nSPS) is 11.6. The van der Waals surface area contributed by atoms with Crippen molar-refractivity contribution in [2.75, 3.05) is 0 Å². The molecule has 2 aromatic rings. The van der Waals surface area contributed by atoms with Crippen LogP contribution in [0.3, 0.4) is 0 Å². The van der Waals surface area contributed by atoms with E-state index in [1.807, 2.05) is 22.6 Å². The molecule has 94 valence electrons. The number of hydrogen-bond acceptors (Lipinski definition) is 2. The number of rotatable bonds is 2. The fourth-order valence-corrected chi connectivity index (χ4v) is 1.87. The Morgan fingerprint density at radius 2 is 2.06 bits per heavy atom. The van der Waals surface area contributed by atoms with Gasteiger partial charge in [-0.3, -0.25) is 4.79 Å². The van der Waals surface area contributed by atoms with E-state index < -0.39 is 11.7 Å². The third-order valence-electron chi connectivity index (χ3n) is 2.26. The predicted octanol–water partition coefficient (Wildman–Crippen LogP) is 3.31. The number of aldehydes is 1. The second-order valence-corrected chi connectivity index (χ2v) is 4.74. The Labute approximate surface area is 114 Å². The predicted molar refractivity (Wildman–Crippen MR) is 66.7 cm³/mol. The van der Waals surface area contributed by atoms with Gasteiger partial charge in [0.25, 0.3) is 0 Å². The summed E-state index contributed by atoms with van der Waals surface area (Å²) in [6, 6.07) is 3.37. The van der Waals surface area contributed by atoms with E-state index in [1.54, 1.807) is 0 Å². The molecule has 1 aromatic heterocycles. The Morgan fingerprint density at radius 3 is 2.56 bits per heavy atom. The molecule has 0 bridgehead atoms. The summed E-state index contributed by atoms with van der Waals surface area (Å²) in [6.07, 6.45) is -1.22. The molecule has 0 aliphatic heterocycles. The maximum Gasteiger partial charge on any atom is 0.418 e. The Morgan fingerprint density at radius 1 is 1.33 bits per heavy atom. The molecule has 7 heteroatoms. The fourth-order valence-electron chi connectivity index (χ4n) is 1.49. The van der Waals surface area contributed by atoms with Crippen molar-refractivity contribution in [2.45, 2.75) is 6.18 Å². The Hall–Kier alpha value is -1.38. The maximum absolute atomic E-state index is 12.9. The van der Waals surface area contributed by atoms with Gasteiger partial charge in [0.05, 0.1) is 21.0 Å². The molecule has 0 spiro atoms. The first kappa shape index (κ1) is 13.1. The van der Waals surface area contributed by atoms with E-state index in [1.165, 1.54) is 24.5 Å². The van der Waals surface area contributed by atoms with Gasteiger partial charge in [-0.1, -0.05) is 0 Å². The molecule has 0 saturated heterocycles. The highest BCUT2D eigenvalue weighted by Crippen LogP contribution is 2.34. The van der Waals surface area contributed by atoms with Crippen LogP contribution in [0.1, 0.15) is 15.9 Å². The van der Waals surface area contributed by atoms with Crippen LogP contribution >= 0.6 is 22.6 Å². The standard InChI is InChI=1S/C11H6F3IN2O/c12-11(13,14)9-3-7(6-18)1-2-10(9)17-5-8(15)4-16-17/h1-6H. The first-order chi connectivity index (χ1) is 8.41. The van der Waals surface area contributed by atoms with Crippen LogP contribution in [0.25, 0.3) is 5.69 Å². The second kappa shape index (κ2) is 4.71. The average molecular weight is 366 g/mol. The zero-order valence-corrected chi connectivity index (χ0v) is 10.9. The van der Waals surface area contributed by atoms with Gasteiger partial charge in [0, 0.05) is 11.8 Å². The summed E-state index contributed by atoms with van der Waals surface area (Å²) in [5, 5.41) is 3.84. The van der Waals surface area contributed by atoms with Gasteiger partial charge < -0.3 is 0 Å². The number of halogens is 4. The molecule has 0 unspecified atom stereocenters. The van der Waals surface area contributed by atoms with Gasteiger partial charge in [0.1, 0.15) is 6.29 Å². The van der Waals surface area contributed by atoms with Gasteiger partial charge in [-0.05, 0) is 40.8 Å². The highest BCUT2D eigenvalue weighted by atomic mass is 127. The Bertz CT molecular complexity index is 592. The Balaban J connectivity index is 2.63. The second-order valence-electron chi connectivity index (χ2n) is 3.50. The number of carbonyl (C=O) groups is 1. The van der Waals surface area contributed by atoms with E-state index in [2.05, 4.69) is 5.10 Å². The molecule has 0 N–H and O–H groups in total. The lowest BCUT2D eigenvalue weighted by Gasteiger charge is -2.13. The summed E-state index contributed by atoms with van der Waals surface area (Å²) in [4.78, 5) is 10.5. The maximum atomic E-state index is 12.9. The average Bonchev–Trinajstić information content (AvgIpc) is 2.74. The quantitative estimate of drug-likeness (QED) is 0.604. The SMILES string of the molecule is O=Cc1ccc(-n2cc(I)cn2)c(C(F)(F)F)c1. The van der Waals surface area contributed by atoms with E-state index in [0.717, 1.165) is 14.3 Å². The minimum Gasteiger partial charge on any atom is -0.298 e. The molecule has 0 amide bonds. The third-order valence-corrected chi connectivity index (χ3v) is 2.82. The zero-order valence-electron chi connectivity index (χ0n) is 8.78. The lowest BCUT2D eigenvalue weighted by Crippen LogP contribution is -2.11. The summed E-state index contributed by atoms with van der Waals surface area (Å²) < 4.78 is 40.6. The topological polar surface area (TPSA) is 34.9 Å². The molecule has 1 heterocycles. The molecule has 2 rings (SSSR count). The number of alkyl halides is 3. The number of nitrogens with zero attached hydrogens (tertiary/aromatic N) is 2. The fraction of sp³-hybridized carbons (Fsp3) is 0.0909. The highest BCUT2D eigenvalue weighted by molar-refractivity contribution is 14.1. The minimum atomic E-state index is -4.54. The summed E-state index contributed by atoms with van der Waals surface area (Å²) in [5.74, 6) is 0. The van der Waals surface area contributed by atoms with E-state index in [4.69, 9.17) is 0 Å². The van der Waals surface area contributed by atoms with Gasteiger partial charge in [-0.2, -0.15) is 18.3 Å². The highest BCUT2D eigenvalue weighted by Gasteiger charge is 2.34. The van der Waals surface area contributed by atoms with Crippen LogP contribution in [0, 0.1) is 3.57 Å². The van der Waals surface area contributed by atoms with Crippen molar-refractivity contribution in [3.05, 3.63) is 45.3 Å². The number of aromatic nitrogens is 2. The first-order valence-corrected chi connectivity index (χ1v) is 5.86.